The van der Waals surface area contributed by atoms with Gasteiger partial charge < -0.3 is 0 Å². The molecular weight excluding hydrogens is 231 g/mol. The predicted molar refractivity (Wildman–Crippen MR) is 51.2 cm³/mol. The standard InChI is InChI=1S/C7H2ClFN2O2S/c8-7-10-5-2-3(11(12)13)1-4(9)6(5)14-7/h1-2H. The number of nitro groups is 1. The third kappa shape index (κ3) is 1.42. The van der Waals surface area contributed by atoms with Crippen LogP contribution in [0.3, 0.4) is 0 Å². The summed E-state index contributed by atoms with van der Waals surface area (Å²) in [5.74, 6) is -0.668. The lowest BCUT2D eigenvalue weighted by atomic mass is 10.3. The minimum atomic E-state index is -0.671. The summed E-state index contributed by atoms with van der Waals surface area (Å²) in [6, 6.07) is 2.05. The van der Waals surface area contributed by atoms with E-state index < -0.39 is 10.7 Å². The molecule has 0 fully saturated rings. The van der Waals surface area contributed by atoms with E-state index in [-0.39, 0.29) is 20.4 Å². The summed E-state index contributed by atoms with van der Waals surface area (Å²) in [4.78, 5) is 13.5. The van der Waals surface area contributed by atoms with Crippen LogP contribution in [0.4, 0.5) is 10.1 Å². The molecule has 0 amide bonds. The minimum Gasteiger partial charge on any atom is -0.258 e. The number of nitro benzene ring substituents is 1. The highest BCUT2D eigenvalue weighted by Gasteiger charge is 2.14. The Balaban J connectivity index is 2.77. The maximum atomic E-state index is 13.2. The van der Waals surface area contributed by atoms with Gasteiger partial charge in [-0.1, -0.05) is 22.9 Å². The third-order valence-corrected chi connectivity index (χ3v) is 2.80. The Hall–Kier alpha value is -1.27. The second kappa shape index (κ2) is 3.14. The summed E-state index contributed by atoms with van der Waals surface area (Å²) in [7, 11) is 0. The van der Waals surface area contributed by atoms with E-state index in [0.29, 0.717) is 0 Å². The zero-order valence-electron chi connectivity index (χ0n) is 6.53. The molecule has 0 bridgehead atoms. The van der Waals surface area contributed by atoms with Gasteiger partial charge in [-0.05, 0) is 0 Å². The van der Waals surface area contributed by atoms with Crippen molar-refractivity contribution in [2.45, 2.75) is 0 Å². The first-order valence-corrected chi connectivity index (χ1v) is 4.67. The van der Waals surface area contributed by atoms with Crippen molar-refractivity contribution in [2.75, 3.05) is 0 Å². The molecule has 0 aliphatic rings. The highest BCUT2D eigenvalue weighted by atomic mass is 35.5. The molecule has 0 atom stereocenters. The average molecular weight is 233 g/mol. The number of nitrogens with zero attached hydrogens (tertiary/aromatic N) is 2. The topological polar surface area (TPSA) is 56.0 Å². The number of non-ortho nitro benzene ring substituents is 1. The monoisotopic (exact) mass is 232 g/mol. The number of halogens is 2. The van der Waals surface area contributed by atoms with Crippen LogP contribution < -0.4 is 0 Å². The van der Waals surface area contributed by atoms with Crippen molar-refractivity contribution in [3.8, 4) is 0 Å². The van der Waals surface area contributed by atoms with Crippen LogP contribution in [0.25, 0.3) is 10.2 Å². The van der Waals surface area contributed by atoms with Gasteiger partial charge in [-0.3, -0.25) is 10.1 Å². The highest BCUT2D eigenvalue weighted by molar-refractivity contribution is 7.22. The summed E-state index contributed by atoms with van der Waals surface area (Å²) in [6.45, 7) is 0. The number of rotatable bonds is 1. The maximum absolute atomic E-state index is 13.2. The van der Waals surface area contributed by atoms with Gasteiger partial charge in [0.1, 0.15) is 5.82 Å². The summed E-state index contributed by atoms with van der Waals surface area (Å²) < 4.78 is 13.6. The zero-order valence-corrected chi connectivity index (χ0v) is 8.10. The fraction of sp³-hybridized carbons (Fsp3) is 0. The lowest BCUT2D eigenvalue weighted by Crippen LogP contribution is -1.88. The van der Waals surface area contributed by atoms with Crippen LogP contribution in [-0.2, 0) is 0 Å². The number of aromatic nitrogens is 1. The Morgan fingerprint density at radius 3 is 2.93 bits per heavy atom. The van der Waals surface area contributed by atoms with Crippen molar-refractivity contribution < 1.29 is 9.31 Å². The SMILES string of the molecule is O=[N+]([O-])c1cc(F)c2sc(Cl)nc2c1. The van der Waals surface area contributed by atoms with E-state index in [1.165, 1.54) is 6.07 Å². The molecule has 7 heteroatoms. The first-order valence-electron chi connectivity index (χ1n) is 3.48. The van der Waals surface area contributed by atoms with Crippen LogP contribution in [0.5, 0.6) is 0 Å². The van der Waals surface area contributed by atoms with Crippen molar-refractivity contribution in [1.82, 2.24) is 4.98 Å². The van der Waals surface area contributed by atoms with E-state index in [1.807, 2.05) is 0 Å². The van der Waals surface area contributed by atoms with Crippen molar-refractivity contribution in [1.29, 1.82) is 0 Å². The molecule has 0 N–H and O–H groups in total. The summed E-state index contributed by atoms with van der Waals surface area (Å²) in [5, 5.41) is 10.4. The smallest absolute Gasteiger partial charge is 0.258 e. The van der Waals surface area contributed by atoms with Gasteiger partial charge in [-0.15, -0.1) is 0 Å². The molecule has 1 aromatic carbocycles. The van der Waals surface area contributed by atoms with Gasteiger partial charge in [0.25, 0.3) is 5.69 Å². The highest BCUT2D eigenvalue weighted by Crippen LogP contribution is 2.30. The van der Waals surface area contributed by atoms with Crippen molar-refractivity contribution >= 4 is 38.8 Å². The summed E-state index contributed by atoms with van der Waals surface area (Å²) >= 11 is 6.51. The molecule has 14 heavy (non-hydrogen) atoms. The first-order chi connectivity index (χ1) is 6.58. The van der Waals surface area contributed by atoms with Crippen LogP contribution in [0.2, 0.25) is 4.47 Å². The molecule has 0 saturated carbocycles. The minimum absolute atomic E-state index is 0.166. The zero-order chi connectivity index (χ0) is 10.3. The number of hydrogen-bond donors (Lipinski definition) is 0. The second-order valence-electron chi connectivity index (χ2n) is 2.50. The van der Waals surface area contributed by atoms with Crippen LogP contribution in [-0.4, -0.2) is 9.91 Å². The largest absolute Gasteiger partial charge is 0.274 e. The molecule has 0 spiro atoms. The molecule has 0 saturated heterocycles. The Bertz CT molecular complexity index is 528. The molecule has 1 aromatic heterocycles. The molecule has 4 nitrogen and oxygen atoms in total. The molecule has 2 rings (SSSR count). The molecule has 0 aliphatic carbocycles. The van der Waals surface area contributed by atoms with Gasteiger partial charge in [-0.2, -0.15) is 0 Å². The second-order valence-corrected chi connectivity index (χ2v) is 4.08. The van der Waals surface area contributed by atoms with E-state index in [9.17, 15) is 14.5 Å². The Morgan fingerprint density at radius 2 is 2.29 bits per heavy atom. The molecule has 2 aromatic rings. The van der Waals surface area contributed by atoms with Gasteiger partial charge >= 0.3 is 0 Å². The van der Waals surface area contributed by atoms with Crippen LogP contribution in [0.15, 0.2) is 12.1 Å². The molecule has 1 heterocycles. The lowest BCUT2D eigenvalue weighted by Gasteiger charge is -1.92. The normalized spacial score (nSPS) is 10.7. The van der Waals surface area contributed by atoms with Gasteiger partial charge in [0.05, 0.1) is 21.2 Å². The van der Waals surface area contributed by atoms with Gasteiger partial charge in [0.2, 0.25) is 0 Å². The van der Waals surface area contributed by atoms with Crippen molar-refractivity contribution in [3.63, 3.8) is 0 Å². The number of hydrogen-bond acceptors (Lipinski definition) is 4. The van der Waals surface area contributed by atoms with Gasteiger partial charge in [0.15, 0.2) is 4.47 Å². The molecular formula is C7H2ClFN2O2S. The molecule has 0 unspecified atom stereocenters. The number of benzene rings is 1. The van der Waals surface area contributed by atoms with E-state index in [1.54, 1.807) is 0 Å². The van der Waals surface area contributed by atoms with Crippen LogP contribution in [0, 0.1) is 15.9 Å². The average Bonchev–Trinajstić information content (AvgIpc) is 2.45. The molecule has 72 valence electrons. The quantitative estimate of drug-likeness (QED) is 0.561. The predicted octanol–water partition coefficient (Wildman–Crippen LogP) is 3.00. The van der Waals surface area contributed by atoms with Crippen LogP contribution in [0.1, 0.15) is 0 Å². The maximum Gasteiger partial charge on any atom is 0.274 e. The van der Waals surface area contributed by atoms with Gasteiger partial charge in [0, 0.05) is 6.07 Å². The van der Waals surface area contributed by atoms with E-state index >= 15 is 0 Å². The van der Waals surface area contributed by atoms with Crippen molar-refractivity contribution in [2.24, 2.45) is 0 Å². The van der Waals surface area contributed by atoms with E-state index in [4.69, 9.17) is 11.6 Å². The Kier molecular flexibility index (Phi) is 2.09. The fourth-order valence-electron chi connectivity index (χ4n) is 1.06. The van der Waals surface area contributed by atoms with Crippen molar-refractivity contribution in [3.05, 3.63) is 32.5 Å². The Labute approximate surface area is 86.1 Å². The van der Waals surface area contributed by atoms with E-state index in [0.717, 1.165) is 17.4 Å². The molecule has 0 aliphatic heterocycles. The number of thiazole rings is 1. The third-order valence-electron chi connectivity index (χ3n) is 1.61. The van der Waals surface area contributed by atoms with Crippen LogP contribution >= 0.6 is 22.9 Å². The van der Waals surface area contributed by atoms with E-state index in [2.05, 4.69) is 4.98 Å². The summed E-state index contributed by atoms with van der Waals surface area (Å²) in [6.07, 6.45) is 0. The summed E-state index contributed by atoms with van der Waals surface area (Å²) in [5.41, 5.74) is -0.108. The Morgan fingerprint density at radius 1 is 1.57 bits per heavy atom. The lowest BCUT2D eigenvalue weighted by molar-refractivity contribution is -0.384. The fourth-order valence-corrected chi connectivity index (χ4v) is 2.06. The number of fused-ring (bicyclic) bond motifs is 1. The van der Waals surface area contributed by atoms with Gasteiger partial charge in [-0.25, -0.2) is 9.37 Å². The first kappa shape index (κ1) is 9.29. The molecule has 0 radical (unpaired) electrons.